The maximum atomic E-state index is 13.7. The molecule has 1 amide bonds. The zero-order chi connectivity index (χ0) is 19.8. The van der Waals surface area contributed by atoms with E-state index in [1.54, 1.807) is 12.1 Å². The van der Waals surface area contributed by atoms with Gasteiger partial charge in [0.1, 0.15) is 0 Å². The molecule has 2 aliphatic rings. The Balaban J connectivity index is 1.89. The van der Waals surface area contributed by atoms with Crippen LogP contribution in [0.2, 0.25) is 0 Å². The molecule has 1 aromatic carbocycles. The fourth-order valence-electron chi connectivity index (χ4n) is 3.70. The predicted molar refractivity (Wildman–Crippen MR) is 90.5 cm³/mol. The molecular formula is C18H21F3N2O4. The van der Waals surface area contributed by atoms with Gasteiger partial charge in [-0.1, -0.05) is 12.5 Å². The van der Waals surface area contributed by atoms with Crippen molar-refractivity contribution in [3.8, 4) is 11.5 Å². The lowest BCUT2D eigenvalue weighted by atomic mass is 9.80. The summed E-state index contributed by atoms with van der Waals surface area (Å²) in [6, 6.07) is 4.63. The molecule has 3 rings (SSSR count). The van der Waals surface area contributed by atoms with E-state index < -0.39 is 23.7 Å². The number of carbonyl (C=O) groups is 1. The largest absolute Gasteiger partial charge is 0.493 e. The number of methoxy groups -OCH3 is 2. The molecule has 1 fully saturated rings. The highest BCUT2D eigenvalue weighted by Gasteiger charge is 2.68. The van der Waals surface area contributed by atoms with Crippen molar-refractivity contribution in [1.82, 2.24) is 5.01 Å². The summed E-state index contributed by atoms with van der Waals surface area (Å²) >= 11 is 0. The van der Waals surface area contributed by atoms with Gasteiger partial charge in [-0.15, -0.1) is 0 Å². The Morgan fingerprint density at radius 3 is 2.63 bits per heavy atom. The quantitative estimate of drug-likeness (QED) is 0.864. The third kappa shape index (κ3) is 3.24. The van der Waals surface area contributed by atoms with Crippen molar-refractivity contribution in [2.75, 3.05) is 14.2 Å². The first kappa shape index (κ1) is 19.5. The van der Waals surface area contributed by atoms with Gasteiger partial charge in [0.25, 0.3) is 5.72 Å². The lowest BCUT2D eigenvalue weighted by Gasteiger charge is -2.38. The number of nitrogens with zero attached hydrogens (tertiary/aromatic N) is 2. The highest BCUT2D eigenvalue weighted by molar-refractivity contribution is 5.93. The Morgan fingerprint density at radius 1 is 1.30 bits per heavy atom. The molecule has 1 heterocycles. The lowest BCUT2D eigenvalue weighted by Crippen LogP contribution is -2.61. The van der Waals surface area contributed by atoms with E-state index in [1.807, 2.05) is 0 Å². The van der Waals surface area contributed by atoms with Crippen LogP contribution in [0.25, 0.3) is 0 Å². The molecule has 148 valence electrons. The van der Waals surface area contributed by atoms with Gasteiger partial charge in [-0.2, -0.15) is 23.3 Å². The van der Waals surface area contributed by atoms with Crippen LogP contribution < -0.4 is 9.47 Å². The van der Waals surface area contributed by atoms with E-state index in [2.05, 4.69) is 5.10 Å². The first-order valence-electron chi connectivity index (χ1n) is 8.62. The molecule has 0 saturated heterocycles. The normalized spacial score (nSPS) is 25.0. The number of fused-ring (bicyclic) bond motifs is 1. The average molecular weight is 386 g/mol. The molecule has 0 bridgehead atoms. The van der Waals surface area contributed by atoms with E-state index >= 15 is 0 Å². The van der Waals surface area contributed by atoms with Gasteiger partial charge >= 0.3 is 6.18 Å². The van der Waals surface area contributed by atoms with E-state index in [-0.39, 0.29) is 23.6 Å². The minimum atomic E-state index is -5.01. The fraction of sp³-hybridized carbons (Fsp3) is 0.556. The average Bonchev–Trinajstić information content (AvgIpc) is 2.96. The summed E-state index contributed by atoms with van der Waals surface area (Å²) in [5, 5.41) is 14.6. The van der Waals surface area contributed by atoms with E-state index in [4.69, 9.17) is 9.47 Å². The van der Waals surface area contributed by atoms with Crippen molar-refractivity contribution in [2.45, 2.75) is 44.0 Å². The van der Waals surface area contributed by atoms with Crippen molar-refractivity contribution in [3.05, 3.63) is 23.8 Å². The van der Waals surface area contributed by atoms with Gasteiger partial charge in [0.15, 0.2) is 11.5 Å². The van der Waals surface area contributed by atoms with Gasteiger partial charge < -0.3 is 14.6 Å². The van der Waals surface area contributed by atoms with E-state index in [0.29, 0.717) is 36.3 Å². The molecule has 6 nitrogen and oxygen atoms in total. The summed E-state index contributed by atoms with van der Waals surface area (Å²) < 4.78 is 51.4. The second kappa shape index (κ2) is 7.03. The number of benzene rings is 1. The summed E-state index contributed by atoms with van der Waals surface area (Å²) in [7, 11) is 2.87. The molecular weight excluding hydrogens is 365 g/mol. The number of hydrogen-bond donors (Lipinski definition) is 1. The monoisotopic (exact) mass is 386 g/mol. The van der Waals surface area contributed by atoms with Crippen LogP contribution in [0, 0.1) is 5.92 Å². The standard InChI is InChI=1S/C18H21F3N2O4/c1-26-14-8-7-11(9-15(14)27-2)10-16(24)23-17(25,18(19,20)21)12-5-3-4-6-13(12)22-23/h7-9,12,25H,3-6,10H2,1-2H3/t12-,17-/m0/s1. The highest BCUT2D eigenvalue weighted by atomic mass is 19.4. The first-order valence-corrected chi connectivity index (χ1v) is 8.62. The summed E-state index contributed by atoms with van der Waals surface area (Å²) in [4.78, 5) is 12.7. The topological polar surface area (TPSA) is 71.4 Å². The summed E-state index contributed by atoms with van der Waals surface area (Å²) in [6.45, 7) is 0. The van der Waals surface area contributed by atoms with E-state index in [0.717, 1.165) is 0 Å². The molecule has 0 aromatic heterocycles. The molecule has 0 unspecified atom stereocenters. The molecule has 2 atom stereocenters. The van der Waals surface area contributed by atoms with E-state index in [9.17, 15) is 23.1 Å². The van der Waals surface area contributed by atoms with Crippen LogP contribution in [0.1, 0.15) is 31.2 Å². The van der Waals surface area contributed by atoms with Crippen molar-refractivity contribution in [2.24, 2.45) is 11.0 Å². The molecule has 1 saturated carbocycles. The third-order valence-corrected chi connectivity index (χ3v) is 5.07. The number of hydrazone groups is 1. The number of carbonyl (C=O) groups excluding carboxylic acids is 1. The van der Waals surface area contributed by atoms with Crippen LogP contribution >= 0.6 is 0 Å². The number of amides is 1. The Labute approximate surface area is 154 Å². The zero-order valence-electron chi connectivity index (χ0n) is 15.0. The molecule has 1 aliphatic heterocycles. The lowest BCUT2D eigenvalue weighted by molar-refractivity contribution is -0.317. The number of aliphatic hydroxyl groups is 1. The second-order valence-electron chi connectivity index (χ2n) is 6.69. The second-order valence-corrected chi connectivity index (χ2v) is 6.69. The summed E-state index contributed by atoms with van der Waals surface area (Å²) in [5.41, 5.74) is -2.63. The molecule has 1 aliphatic carbocycles. The van der Waals surface area contributed by atoms with Gasteiger partial charge in [0, 0.05) is 5.71 Å². The van der Waals surface area contributed by atoms with Crippen molar-refractivity contribution in [1.29, 1.82) is 0 Å². The Bertz CT molecular complexity index is 765. The molecule has 0 radical (unpaired) electrons. The van der Waals surface area contributed by atoms with Crippen LogP contribution in [0.15, 0.2) is 23.3 Å². The van der Waals surface area contributed by atoms with Gasteiger partial charge in [0.05, 0.1) is 26.6 Å². The Morgan fingerprint density at radius 2 is 2.00 bits per heavy atom. The fourth-order valence-corrected chi connectivity index (χ4v) is 3.70. The molecule has 0 spiro atoms. The van der Waals surface area contributed by atoms with Gasteiger partial charge in [-0.05, 0) is 37.0 Å². The van der Waals surface area contributed by atoms with Gasteiger partial charge in [-0.25, -0.2) is 0 Å². The van der Waals surface area contributed by atoms with Crippen LogP contribution in [-0.4, -0.2) is 47.9 Å². The Kier molecular flexibility index (Phi) is 5.07. The predicted octanol–water partition coefficient (Wildman–Crippen LogP) is 2.89. The number of hydrogen-bond acceptors (Lipinski definition) is 5. The third-order valence-electron chi connectivity index (χ3n) is 5.07. The van der Waals surface area contributed by atoms with Gasteiger partial charge in [0.2, 0.25) is 5.91 Å². The molecule has 1 N–H and O–H groups in total. The zero-order valence-corrected chi connectivity index (χ0v) is 15.0. The van der Waals surface area contributed by atoms with Crippen LogP contribution in [-0.2, 0) is 11.2 Å². The maximum absolute atomic E-state index is 13.7. The van der Waals surface area contributed by atoms with Crippen LogP contribution in [0.4, 0.5) is 13.2 Å². The maximum Gasteiger partial charge on any atom is 0.439 e. The SMILES string of the molecule is COc1ccc(CC(=O)N2N=C3CCCC[C@@H]3[C@]2(O)C(F)(F)F)cc1OC. The number of alkyl halides is 3. The smallest absolute Gasteiger partial charge is 0.439 e. The minimum Gasteiger partial charge on any atom is -0.493 e. The highest BCUT2D eigenvalue weighted by Crippen LogP contribution is 2.48. The number of halogens is 3. The van der Waals surface area contributed by atoms with Crippen molar-refractivity contribution < 1.29 is 32.5 Å². The Hall–Kier alpha value is -2.29. The molecule has 27 heavy (non-hydrogen) atoms. The molecule has 1 aromatic rings. The van der Waals surface area contributed by atoms with Crippen LogP contribution in [0.5, 0.6) is 11.5 Å². The number of rotatable bonds is 4. The minimum absolute atomic E-state index is 0.148. The number of ether oxygens (including phenoxy) is 2. The van der Waals surface area contributed by atoms with Crippen LogP contribution in [0.3, 0.4) is 0 Å². The van der Waals surface area contributed by atoms with Crippen molar-refractivity contribution in [3.63, 3.8) is 0 Å². The van der Waals surface area contributed by atoms with Gasteiger partial charge in [-0.3, -0.25) is 4.79 Å². The first-order chi connectivity index (χ1) is 12.7. The van der Waals surface area contributed by atoms with E-state index in [1.165, 1.54) is 20.3 Å². The van der Waals surface area contributed by atoms with Crippen molar-refractivity contribution >= 4 is 11.6 Å². The molecule has 9 heteroatoms. The summed E-state index contributed by atoms with van der Waals surface area (Å²) in [6.07, 6.45) is -3.62. The summed E-state index contributed by atoms with van der Waals surface area (Å²) in [5.74, 6) is -1.34.